The summed E-state index contributed by atoms with van der Waals surface area (Å²) in [5.41, 5.74) is 1.20. The molecule has 0 spiro atoms. The lowest BCUT2D eigenvalue weighted by molar-refractivity contribution is 0.305. The summed E-state index contributed by atoms with van der Waals surface area (Å²) in [5, 5.41) is 7.56. The molecule has 2 N–H and O–H groups in total. The van der Waals surface area contributed by atoms with Crippen LogP contribution in [0.15, 0.2) is 18.2 Å². The van der Waals surface area contributed by atoms with Crippen molar-refractivity contribution in [3.63, 3.8) is 0 Å². The van der Waals surface area contributed by atoms with Gasteiger partial charge in [0, 0.05) is 12.6 Å². The van der Waals surface area contributed by atoms with Gasteiger partial charge in [0.2, 0.25) is 0 Å². The number of rotatable bonds is 7. The maximum absolute atomic E-state index is 5.43. The molecule has 0 bridgehead atoms. The molecule has 1 aromatic rings. The number of ether oxygens (including phenoxy) is 2. The highest BCUT2D eigenvalue weighted by molar-refractivity contribution is 7.80. The van der Waals surface area contributed by atoms with Gasteiger partial charge in [-0.3, -0.25) is 0 Å². The minimum atomic E-state index is 0.536. The van der Waals surface area contributed by atoms with E-state index in [1.54, 1.807) is 14.2 Å². The van der Waals surface area contributed by atoms with Crippen molar-refractivity contribution in [1.29, 1.82) is 0 Å². The van der Waals surface area contributed by atoms with E-state index < -0.39 is 0 Å². The van der Waals surface area contributed by atoms with E-state index in [2.05, 4.69) is 23.6 Å². The Bertz CT molecular complexity index is 528. The second-order valence-electron chi connectivity index (χ2n) is 6.47. The Balaban J connectivity index is 1.71. The van der Waals surface area contributed by atoms with Crippen molar-refractivity contribution in [2.45, 2.75) is 51.5 Å². The van der Waals surface area contributed by atoms with Crippen LogP contribution in [-0.4, -0.2) is 31.9 Å². The Morgan fingerprint density at radius 3 is 2.46 bits per heavy atom. The number of benzene rings is 1. The zero-order valence-electron chi connectivity index (χ0n) is 15.1. The van der Waals surface area contributed by atoms with Crippen LogP contribution in [0, 0.1) is 5.92 Å². The van der Waals surface area contributed by atoms with Crippen molar-refractivity contribution >= 4 is 17.3 Å². The number of thiocarbonyl (C=S) groups is 1. The van der Waals surface area contributed by atoms with E-state index in [0.29, 0.717) is 6.04 Å². The lowest BCUT2D eigenvalue weighted by atomic mass is 9.85. The van der Waals surface area contributed by atoms with E-state index in [-0.39, 0.29) is 0 Å². The van der Waals surface area contributed by atoms with Gasteiger partial charge in [0.25, 0.3) is 0 Å². The summed E-state index contributed by atoms with van der Waals surface area (Å²) in [6.07, 6.45) is 7.31. The Labute approximate surface area is 151 Å². The van der Waals surface area contributed by atoms with Crippen LogP contribution in [0.2, 0.25) is 0 Å². The molecule has 134 valence electrons. The van der Waals surface area contributed by atoms with E-state index in [1.807, 2.05) is 12.1 Å². The molecule has 1 fully saturated rings. The van der Waals surface area contributed by atoms with E-state index >= 15 is 0 Å². The van der Waals surface area contributed by atoms with Gasteiger partial charge in [-0.15, -0.1) is 0 Å². The quantitative estimate of drug-likeness (QED) is 0.734. The molecule has 0 unspecified atom stereocenters. The van der Waals surface area contributed by atoms with Crippen molar-refractivity contribution in [1.82, 2.24) is 10.6 Å². The highest BCUT2D eigenvalue weighted by Gasteiger charge is 2.20. The average molecular weight is 351 g/mol. The molecule has 1 aromatic carbocycles. The highest BCUT2D eigenvalue weighted by atomic mass is 32.1. The van der Waals surface area contributed by atoms with Crippen molar-refractivity contribution in [2.24, 2.45) is 5.92 Å². The van der Waals surface area contributed by atoms with Gasteiger partial charge in [-0.25, -0.2) is 0 Å². The summed E-state index contributed by atoms with van der Waals surface area (Å²) >= 11 is 5.43. The fourth-order valence-electron chi connectivity index (χ4n) is 3.31. The first-order valence-corrected chi connectivity index (χ1v) is 9.32. The molecule has 0 atom stereocenters. The van der Waals surface area contributed by atoms with Gasteiger partial charge in [0.15, 0.2) is 16.6 Å². The van der Waals surface area contributed by atoms with Crippen molar-refractivity contribution in [3.05, 3.63) is 23.8 Å². The molecule has 2 rings (SSSR count). The molecule has 0 aliphatic heterocycles. The van der Waals surface area contributed by atoms with Crippen LogP contribution in [0.4, 0.5) is 0 Å². The minimum Gasteiger partial charge on any atom is -0.493 e. The largest absolute Gasteiger partial charge is 0.493 e. The first-order valence-electron chi connectivity index (χ1n) is 8.91. The standard InChI is InChI=1S/C19H30N2O2S/c1-4-14-5-8-16(9-6-14)21-19(24)20-12-11-15-7-10-17(22-2)18(13-15)23-3/h7,10,13-14,16H,4-6,8-9,11-12H2,1-3H3,(H2,20,21,24). The Morgan fingerprint density at radius 1 is 1.12 bits per heavy atom. The van der Waals surface area contributed by atoms with Crippen LogP contribution in [-0.2, 0) is 6.42 Å². The smallest absolute Gasteiger partial charge is 0.166 e. The first kappa shape index (κ1) is 18.8. The lowest BCUT2D eigenvalue weighted by Crippen LogP contribution is -2.44. The van der Waals surface area contributed by atoms with E-state index in [1.165, 1.54) is 37.7 Å². The topological polar surface area (TPSA) is 42.5 Å². The highest BCUT2D eigenvalue weighted by Crippen LogP contribution is 2.28. The number of hydrogen-bond donors (Lipinski definition) is 2. The van der Waals surface area contributed by atoms with Crippen LogP contribution in [0.1, 0.15) is 44.6 Å². The molecule has 4 nitrogen and oxygen atoms in total. The molecule has 0 saturated heterocycles. The minimum absolute atomic E-state index is 0.536. The van der Waals surface area contributed by atoms with Gasteiger partial charge < -0.3 is 20.1 Å². The van der Waals surface area contributed by atoms with Gasteiger partial charge in [-0.1, -0.05) is 19.4 Å². The third kappa shape index (κ3) is 5.55. The average Bonchev–Trinajstić information content (AvgIpc) is 2.62. The summed E-state index contributed by atoms with van der Waals surface area (Å²) in [4.78, 5) is 0. The van der Waals surface area contributed by atoms with Crippen LogP contribution >= 0.6 is 12.2 Å². The molecule has 24 heavy (non-hydrogen) atoms. The molecular formula is C19H30N2O2S. The second-order valence-corrected chi connectivity index (χ2v) is 6.87. The van der Waals surface area contributed by atoms with E-state index in [0.717, 1.165) is 35.5 Å². The second kappa shape index (κ2) is 9.72. The first-order chi connectivity index (χ1) is 11.7. The monoisotopic (exact) mass is 350 g/mol. The predicted molar refractivity (Wildman–Crippen MR) is 103 cm³/mol. The normalized spacial score (nSPS) is 20.3. The molecule has 0 aromatic heterocycles. The predicted octanol–water partition coefficient (Wildman–Crippen LogP) is 3.68. The van der Waals surface area contributed by atoms with Gasteiger partial charge in [0.1, 0.15) is 0 Å². The van der Waals surface area contributed by atoms with Crippen molar-refractivity contribution in [2.75, 3.05) is 20.8 Å². The van der Waals surface area contributed by atoms with Gasteiger partial charge in [0.05, 0.1) is 14.2 Å². The van der Waals surface area contributed by atoms with Crippen LogP contribution in [0.3, 0.4) is 0 Å². The summed E-state index contributed by atoms with van der Waals surface area (Å²) in [6.45, 7) is 3.10. The SMILES string of the molecule is CCC1CCC(NC(=S)NCCc2ccc(OC)c(OC)c2)CC1. The van der Waals surface area contributed by atoms with Gasteiger partial charge in [-0.05, 0) is 67.9 Å². The Hall–Kier alpha value is -1.49. The molecule has 1 saturated carbocycles. The van der Waals surface area contributed by atoms with Gasteiger partial charge in [-0.2, -0.15) is 0 Å². The van der Waals surface area contributed by atoms with Crippen LogP contribution < -0.4 is 20.1 Å². The molecular weight excluding hydrogens is 320 g/mol. The third-order valence-corrected chi connectivity index (χ3v) is 5.17. The molecule has 0 amide bonds. The van der Waals surface area contributed by atoms with E-state index in [4.69, 9.17) is 21.7 Å². The zero-order chi connectivity index (χ0) is 17.4. The van der Waals surface area contributed by atoms with Crippen molar-refractivity contribution < 1.29 is 9.47 Å². The Morgan fingerprint density at radius 2 is 1.83 bits per heavy atom. The molecule has 1 aliphatic carbocycles. The fraction of sp³-hybridized carbons (Fsp3) is 0.632. The summed E-state index contributed by atoms with van der Waals surface area (Å²) < 4.78 is 10.6. The molecule has 0 heterocycles. The summed E-state index contributed by atoms with van der Waals surface area (Å²) in [5.74, 6) is 2.44. The molecule has 0 radical (unpaired) electrons. The lowest BCUT2D eigenvalue weighted by Gasteiger charge is -2.29. The number of hydrogen-bond acceptors (Lipinski definition) is 3. The maximum atomic E-state index is 5.43. The van der Waals surface area contributed by atoms with Crippen molar-refractivity contribution in [3.8, 4) is 11.5 Å². The fourth-order valence-corrected chi connectivity index (χ4v) is 3.58. The third-order valence-electron chi connectivity index (χ3n) is 4.91. The van der Waals surface area contributed by atoms with Crippen LogP contribution in [0.5, 0.6) is 11.5 Å². The van der Waals surface area contributed by atoms with Gasteiger partial charge >= 0.3 is 0 Å². The molecule has 5 heteroatoms. The number of methoxy groups -OCH3 is 2. The van der Waals surface area contributed by atoms with E-state index in [9.17, 15) is 0 Å². The summed E-state index contributed by atoms with van der Waals surface area (Å²) in [6, 6.07) is 6.56. The Kier molecular flexibility index (Phi) is 7.63. The van der Waals surface area contributed by atoms with Crippen LogP contribution in [0.25, 0.3) is 0 Å². The zero-order valence-corrected chi connectivity index (χ0v) is 15.9. The summed E-state index contributed by atoms with van der Waals surface area (Å²) in [7, 11) is 3.31. The number of nitrogens with one attached hydrogen (secondary N) is 2. The maximum Gasteiger partial charge on any atom is 0.166 e. The molecule has 1 aliphatic rings.